The topological polar surface area (TPSA) is 30.2 Å². The van der Waals surface area contributed by atoms with Crippen LogP contribution in [-0.4, -0.2) is 0 Å². The Morgan fingerprint density at radius 2 is 1.93 bits per heavy atom. The maximum absolute atomic E-state index is 11.7. The summed E-state index contributed by atoms with van der Waals surface area (Å²) in [5.74, 6) is 0.727. The van der Waals surface area contributed by atoms with Gasteiger partial charge in [0, 0.05) is 5.56 Å². The number of benzene rings is 1. The van der Waals surface area contributed by atoms with Crippen LogP contribution in [0.5, 0.6) is 0 Å². The molecule has 0 N–H and O–H groups in total. The first-order valence-electron chi connectivity index (χ1n) is 5.07. The summed E-state index contributed by atoms with van der Waals surface area (Å²) in [6, 6.07) is 7.63. The second kappa shape index (κ2) is 3.09. The monoisotopic (exact) mass is 198 g/mol. The Morgan fingerprint density at radius 3 is 2.80 bits per heavy atom. The molecule has 0 aliphatic heterocycles. The van der Waals surface area contributed by atoms with Gasteiger partial charge in [0.25, 0.3) is 0 Å². The van der Waals surface area contributed by atoms with Gasteiger partial charge < -0.3 is 4.42 Å². The molecule has 1 aliphatic rings. The first-order valence-corrected chi connectivity index (χ1v) is 5.07. The Balaban J connectivity index is 2.51. The highest BCUT2D eigenvalue weighted by Crippen LogP contribution is 2.25. The zero-order valence-corrected chi connectivity index (χ0v) is 8.19. The molecule has 2 nitrogen and oxygen atoms in total. The minimum atomic E-state index is -0.240. The molecule has 15 heavy (non-hydrogen) atoms. The van der Waals surface area contributed by atoms with Gasteiger partial charge >= 0.3 is 5.63 Å². The van der Waals surface area contributed by atoms with Crippen molar-refractivity contribution < 1.29 is 4.42 Å². The van der Waals surface area contributed by atoms with Crippen molar-refractivity contribution in [1.29, 1.82) is 0 Å². The highest BCUT2D eigenvalue weighted by Gasteiger charge is 2.12. The summed E-state index contributed by atoms with van der Waals surface area (Å²) in [7, 11) is 0. The molecule has 1 aliphatic carbocycles. The van der Waals surface area contributed by atoms with Crippen molar-refractivity contribution in [1.82, 2.24) is 0 Å². The van der Waals surface area contributed by atoms with Crippen LogP contribution >= 0.6 is 0 Å². The van der Waals surface area contributed by atoms with Gasteiger partial charge in [0.05, 0.1) is 5.39 Å². The SMILES string of the molecule is O=c1oc2c(c3ccccc13)CCC=C2. The van der Waals surface area contributed by atoms with Gasteiger partial charge in [-0.15, -0.1) is 0 Å². The van der Waals surface area contributed by atoms with Crippen LogP contribution in [0.3, 0.4) is 0 Å². The normalized spacial score (nSPS) is 14.1. The van der Waals surface area contributed by atoms with E-state index in [4.69, 9.17) is 4.42 Å². The van der Waals surface area contributed by atoms with Crippen molar-refractivity contribution in [3.8, 4) is 0 Å². The van der Waals surface area contributed by atoms with Gasteiger partial charge in [0.1, 0.15) is 5.76 Å². The maximum atomic E-state index is 11.7. The van der Waals surface area contributed by atoms with Crippen LogP contribution in [0.15, 0.2) is 39.6 Å². The highest BCUT2D eigenvalue weighted by molar-refractivity contribution is 5.86. The van der Waals surface area contributed by atoms with Crippen LogP contribution in [0.25, 0.3) is 16.8 Å². The molecule has 0 amide bonds. The summed E-state index contributed by atoms with van der Waals surface area (Å²) >= 11 is 0. The summed E-state index contributed by atoms with van der Waals surface area (Å²) in [5, 5.41) is 1.72. The van der Waals surface area contributed by atoms with Gasteiger partial charge in [-0.3, -0.25) is 0 Å². The van der Waals surface area contributed by atoms with Gasteiger partial charge in [0.15, 0.2) is 0 Å². The van der Waals surface area contributed by atoms with Crippen LogP contribution in [0.2, 0.25) is 0 Å². The smallest absolute Gasteiger partial charge is 0.344 e. The fourth-order valence-electron chi connectivity index (χ4n) is 2.08. The predicted molar refractivity (Wildman–Crippen MR) is 59.8 cm³/mol. The first-order chi connectivity index (χ1) is 7.36. The summed E-state index contributed by atoms with van der Waals surface area (Å²) < 4.78 is 5.27. The van der Waals surface area contributed by atoms with Crippen molar-refractivity contribution >= 4 is 16.8 Å². The number of hydrogen-bond donors (Lipinski definition) is 0. The Kier molecular flexibility index (Phi) is 1.75. The summed E-state index contributed by atoms with van der Waals surface area (Å²) in [6.45, 7) is 0. The van der Waals surface area contributed by atoms with Crippen LogP contribution in [0.1, 0.15) is 17.7 Å². The molecular formula is C13H10O2. The number of rotatable bonds is 0. The second-order valence-electron chi connectivity index (χ2n) is 3.72. The van der Waals surface area contributed by atoms with Crippen molar-refractivity contribution in [3.63, 3.8) is 0 Å². The number of aryl methyl sites for hydroxylation is 1. The summed E-state index contributed by atoms with van der Waals surface area (Å²) in [5.41, 5.74) is 0.920. The lowest BCUT2D eigenvalue weighted by Crippen LogP contribution is -2.06. The number of fused-ring (bicyclic) bond motifs is 3. The minimum Gasteiger partial charge on any atom is -0.423 e. The van der Waals surface area contributed by atoms with Gasteiger partial charge in [0.2, 0.25) is 0 Å². The molecule has 0 atom stereocenters. The van der Waals surface area contributed by atoms with E-state index < -0.39 is 0 Å². The lowest BCUT2D eigenvalue weighted by molar-refractivity contribution is 0.501. The summed E-state index contributed by atoms with van der Waals surface area (Å²) in [4.78, 5) is 11.7. The van der Waals surface area contributed by atoms with Crippen molar-refractivity contribution in [2.45, 2.75) is 12.8 Å². The zero-order valence-electron chi connectivity index (χ0n) is 8.19. The third-order valence-electron chi connectivity index (χ3n) is 2.80. The van der Waals surface area contributed by atoms with Crippen molar-refractivity contribution in [2.24, 2.45) is 0 Å². The molecule has 0 bridgehead atoms. The minimum absolute atomic E-state index is 0.240. The quantitative estimate of drug-likeness (QED) is 0.651. The average Bonchev–Trinajstić information content (AvgIpc) is 2.30. The molecule has 0 saturated carbocycles. The van der Waals surface area contributed by atoms with Gasteiger partial charge in [-0.2, -0.15) is 0 Å². The predicted octanol–water partition coefficient (Wildman–Crippen LogP) is 2.75. The molecule has 1 aromatic heterocycles. The number of hydrogen-bond acceptors (Lipinski definition) is 2. The van der Waals surface area contributed by atoms with E-state index in [-0.39, 0.29) is 5.63 Å². The van der Waals surface area contributed by atoms with Crippen LogP contribution < -0.4 is 5.63 Å². The molecule has 0 saturated heterocycles. The fourth-order valence-corrected chi connectivity index (χ4v) is 2.08. The Hall–Kier alpha value is -1.83. The standard InChI is InChI=1S/C13H10O2/c14-13-11-7-2-1-5-9(11)10-6-3-4-8-12(10)15-13/h1-2,4-5,7-8H,3,6H2. The molecule has 0 spiro atoms. The second-order valence-corrected chi connectivity index (χ2v) is 3.72. The fraction of sp³-hybridized carbons (Fsp3) is 0.154. The van der Waals surface area contributed by atoms with Crippen molar-refractivity contribution in [2.75, 3.05) is 0 Å². The molecule has 74 valence electrons. The molecule has 0 radical (unpaired) electrons. The third-order valence-corrected chi connectivity index (χ3v) is 2.80. The Morgan fingerprint density at radius 1 is 1.13 bits per heavy atom. The number of allylic oxidation sites excluding steroid dienone is 1. The van der Waals surface area contributed by atoms with Gasteiger partial charge in [-0.1, -0.05) is 24.3 Å². The molecule has 1 aromatic carbocycles. The summed E-state index contributed by atoms with van der Waals surface area (Å²) in [6.07, 6.45) is 5.91. The zero-order chi connectivity index (χ0) is 10.3. The average molecular weight is 198 g/mol. The van der Waals surface area contributed by atoms with Crippen LogP contribution in [0.4, 0.5) is 0 Å². The van der Waals surface area contributed by atoms with E-state index in [0.29, 0.717) is 5.39 Å². The molecular weight excluding hydrogens is 188 g/mol. The largest absolute Gasteiger partial charge is 0.423 e. The third kappa shape index (κ3) is 1.22. The van der Waals surface area contributed by atoms with E-state index in [1.54, 1.807) is 0 Å². The van der Waals surface area contributed by atoms with E-state index >= 15 is 0 Å². The lowest BCUT2D eigenvalue weighted by Gasteiger charge is -2.10. The molecule has 1 heterocycles. The lowest BCUT2D eigenvalue weighted by atomic mass is 9.98. The van der Waals surface area contributed by atoms with E-state index in [1.807, 2.05) is 36.4 Å². The first kappa shape index (κ1) is 8.48. The van der Waals surface area contributed by atoms with E-state index in [9.17, 15) is 4.79 Å². The highest BCUT2D eigenvalue weighted by atomic mass is 16.4. The maximum Gasteiger partial charge on any atom is 0.344 e. The Bertz CT molecular complexity index is 605. The molecule has 2 heteroatoms. The molecule has 0 unspecified atom stereocenters. The Labute approximate surface area is 86.8 Å². The van der Waals surface area contributed by atoms with Gasteiger partial charge in [-0.05, 0) is 30.4 Å². The molecule has 0 fully saturated rings. The van der Waals surface area contributed by atoms with E-state index in [1.165, 1.54) is 0 Å². The van der Waals surface area contributed by atoms with Gasteiger partial charge in [-0.25, -0.2) is 4.79 Å². The van der Waals surface area contributed by atoms with Crippen molar-refractivity contribution in [3.05, 3.63) is 52.1 Å². The van der Waals surface area contributed by atoms with Crippen LogP contribution in [-0.2, 0) is 6.42 Å². The molecule has 3 rings (SSSR count). The molecule has 2 aromatic rings. The van der Waals surface area contributed by atoms with Crippen LogP contribution in [0, 0.1) is 0 Å². The van der Waals surface area contributed by atoms with E-state index in [2.05, 4.69) is 0 Å². The van der Waals surface area contributed by atoms with E-state index in [0.717, 1.165) is 29.6 Å².